The monoisotopic (exact) mass is 808 g/mol. The summed E-state index contributed by atoms with van der Waals surface area (Å²) in [5.41, 5.74) is 1.16. The lowest BCUT2D eigenvalue weighted by molar-refractivity contribution is -0.147. The van der Waals surface area contributed by atoms with E-state index in [-0.39, 0.29) is 43.4 Å². The zero-order chi connectivity index (χ0) is 35.7. The van der Waals surface area contributed by atoms with Gasteiger partial charge in [-0.15, -0.1) is 0 Å². The van der Waals surface area contributed by atoms with Crippen molar-refractivity contribution in [3.8, 4) is 11.5 Å². The minimum atomic E-state index is -1.08. The van der Waals surface area contributed by atoms with E-state index in [9.17, 15) is 24.9 Å². The molecule has 0 saturated heterocycles. The molecule has 3 atom stereocenters. The van der Waals surface area contributed by atoms with E-state index in [1.54, 1.807) is 18.2 Å². The fourth-order valence-electron chi connectivity index (χ4n) is 9.86. The second-order valence-corrected chi connectivity index (χ2v) is 17.0. The van der Waals surface area contributed by atoms with Crippen molar-refractivity contribution in [3.63, 3.8) is 0 Å². The molecule has 0 spiro atoms. The van der Waals surface area contributed by atoms with Crippen LogP contribution in [0.1, 0.15) is 122 Å². The predicted molar refractivity (Wildman–Crippen MR) is 203 cm³/mol. The van der Waals surface area contributed by atoms with E-state index in [0.29, 0.717) is 39.2 Å². The SMILES string of the molecule is CCCCCCCCCCCC(=O)N(CC12CC3CC(CC(C3)C1)C2)[C@@H]1CC(C(=O)NCCO)=C[C@H](Oc2c(I)cc(CO)cc2OC)[C@H]1O. The largest absolute Gasteiger partial charge is 0.493 e. The number of amides is 2. The molecular weight excluding hydrogens is 747 g/mol. The number of ether oxygens (including phenoxy) is 2. The van der Waals surface area contributed by atoms with Gasteiger partial charge in [-0.2, -0.15) is 0 Å². The Morgan fingerprint density at radius 2 is 1.58 bits per heavy atom. The van der Waals surface area contributed by atoms with Gasteiger partial charge >= 0.3 is 0 Å². The van der Waals surface area contributed by atoms with Crippen molar-refractivity contribution in [1.29, 1.82) is 0 Å². The first-order valence-electron chi connectivity index (χ1n) is 19.4. The molecule has 2 amide bonds. The van der Waals surface area contributed by atoms with Gasteiger partial charge in [-0.05, 0) is 114 Å². The van der Waals surface area contributed by atoms with Gasteiger partial charge in [0.25, 0.3) is 0 Å². The number of methoxy groups -OCH3 is 1. The standard InChI is InChI=1S/C40H61IN2O7/c1-3-4-5-6-7-8-9-10-11-12-36(46)43(26-40-22-27-15-28(23-40)17-29(16-27)24-40)33-20-31(39(48)42-13-14-44)21-34(37(33)47)50-38-32(41)18-30(25-45)19-35(38)49-2/h18-19,21,27-29,33-34,37,44-45,47H,3-17,20,22-26H2,1-2H3,(H,42,48)/t27?,28?,29?,33-,34+,37+,40?/m1/s1. The zero-order valence-electron chi connectivity index (χ0n) is 30.3. The van der Waals surface area contributed by atoms with Crippen LogP contribution in [0, 0.1) is 26.7 Å². The molecule has 4 bridgehead atoms. The maximum atomic E-state index is 14.4. The van der Waals surface area contributed by atoms with E-state index in [2.05, 4.69) is 34.8 Å². The highest BCUT2D eigenvalue weighted by molar-refractivity contribution is 14.1. The number of hydrogen-bond donors (Lipinski definition) is 4. The number of nitrogens with zero attached hydrogens (tertiary/aromatic N) is 1. The first kappa shape index (κ1) is 39.3. The number of carbonyl (C=O) groups is 2. The first-order valence-corrected chi connectivity index (χ1v) is 20.5. The number of unbranched alkanes of at least 4 members (excludes halogenated alkanes) is 8. The zero-order valence-corrected chi connectivity index (χ0v) is 32.5. The van der Waals surface area contributed by atoms with Crippen molar-refractivity contribution in [1.82, 2.24) is 10.2 Å². The van der Waals surface area contributed by atoms with Crippen LogP contribution in [0.25, 0.3) is 0 Å². The Morgan fingerprint density at radius 3 is 2.16 bits per heavy atom. The van der Waals surface area contributed by atoms with Crippen molar-refractivity contribution in [3.05, 3.63) is 32.9 Å². The third kappa shape index (κ3) is 9.95. The number of carbonyl (C=O) groups excluding carboxylic acids is 2. The highest BCUT2D eigenvalue weighted by Gasteiger charge is 2.53. The lowest BCUT2D eigenvalue weighted by Crippen LogP contribution is -2.59. The normalized spacial score (nSPS) is 28.3. The number of halogens is 1. The Bertz CT molecular complexity index is 1280. The second kappa shape index (κ2) is 18.7. The fourth-order valence-corrected chi connectivity index (χ4v) is 10.7. The van der Waals surface area contributed by atoms with Crippen LogP contribution in [-0.2, 0) is 16.2 Å². The molecule has 1 aromatic carbocycles. The number of hydrogen-bond acceptors (Lipinski definition) is 7. The van der Waals surface area contributed by atoms with Crippen LogP contribution in [0.4, 0.5) is 0 Å². The maximum Gasteiger partial charge on any atom is 0.247 e. The molecule has 280 valence electrons. The van der Waals surface area contributed by atoms with Crippen molar-refractivity contribution in [2.45, 2.75) is 141 Å². The van der Waals surface area contributed by atoms with Gasteiger partial charge in [-0.3, -0.25) is 9.59 Å². The first-order chi connectivity index (χ1) is 24.2. The lowest BCUT2D eigenvalue weighted by Gasteiger charge is -2.58. The summed E-state index contributed by atoms with van der Waals surface area (Å²) in [5, 5.41) is 34.1. The molecule has 6 rings (SSSR count). The highest BCUT2D eigenvalue weighted by atomic mass is 127. The molecular formula is C40H61IN2O7. The van der Waals surface area contributed by atoms with Crippen LogP contribution in [-0.4, -0.2) is 77.1 Å². The molecule has 0 aliphatic heterocycles. The molecule has 4 N–H and O–H groups in total. The van der Waals surface area contributed by atoms with Crippen LogP contribution in [0.3, 0.4) is 0 Å². The molecule has 4 fully saturated rings. The second-order valence-electron chi connectivity index (χ2n) is 15.8. The Morgan fingerprint density at radius 1 is 0.960 bits per heavy atom. The van der Waals surface area contributed by atoms with Gasteiger partial charge in [0.05, 0.1) is 29.9 Å². The van der Waals surface area contributed by atoms with Gasteiger partial charge in [-0.1, -0.05) is 58.3 Å². The molecule has 0 aromatic heterocycles. The summed E-state index contributed by atoms with van der Waals surface area (Å²) >= 11 is 2.13. The van der Waals surface area contributed by atoms with Crippen LogP contribution < -0.4 is 14.8 Å². The summed E-state index contributed by atoms with van der Waals surface area (Å²) in [5.74, 6) is 2.72. The molecule has 5 aliphatic carbocycles. The molecule has 5 aliphatic rings. The van der Waals surface area contributed by atoms with E-state index < -0.39 is 18.2 Å². The number of rotatable bonds is 20. The average molecular weight is 809 g/mol. The third-order valence-electron chi connectivity index (χ3n) is 11.8. The molecule has 0 heterocycles. The van der Waals surface area contributed by atoms with Gasteiger partial charge in [0.2, 0.25) is 11.8 Å². The Balaban J connectivity index is 1.39. The van der Waals surface area contributed by atoms with E-state index in [4.69, 9.17) is 9.47 Å². The summed E-state index contributed by atoms with van der Waals surface area (Å²) in [6.07, 6.45) is 18.2. The Labute approximate surface area is 313 Å². The fraction of sp³-hybridized carbons (Fsp3) is 0.750. The van der Waals surface area contributed by atoms with E-state index >= 15 is 0 Å². The van der Waals surface area contributed by atoms with Gasteiger partial charge in [0.15, 0.2) is 11.5 Å². The summed E-state index contributed by atoms with van der Waals surface area (Å²) < 4.78 is 12.8. The summed E-state index contributed by atoms with van der Waals surface area (Å²) in [6, 6.07) is 2.87. The van der Waals surface area contributed by atoms with Crippen molar-refractivity contribution < 1.29 is 34.4 Å². The number of aliphatic hydroxyl groups is 3. The third-order valence-corrected chi connectivity index (χ3v) is 12.6. The van der Waals surface area contributed by atoms with E-state index in [1.165, 1.54) is 64.9 Å². The summed E-state index contributed by atoms with van der Waals surface area (Å²) in [7, 11) is 1.53. The van der Waals surface area contributed by atoms with E-state index in [0.717, 1.165) is 56.3 Å². The number of nitrogens with one attached hydrogen (secondary N) is 1. The quantitative estimate of drug-likeness (QED) is 0.0856. The van der Waals surface area contributed by atoms with Crippen molar-refractivity contribution >= 4 is 34.4 Å². The molecule has 9 nitrogen and oxygen atoms in total. The minimum Gasteiger partial charge on any atom is -0.493 e. The molecule has 1 aromatic rings. The van der Waals surface area contributed by atoms with Gasteiger partial charge < -0.3 is 35.0 Å². The van der Waals surface area contributed by atoms with Crippen molar-refractivity contribution in [2.75, 3.05) is 26.8 Å². The van der Waals surface area contributed by atoms with E-state index in [1.807, 2.05) is 4.90 Å². The van der Waals surface area contributed by atoms with Crippen LogP contribution in [0.5, 0.6) is 11.5 Å². The summed E-state index contributed by atoms with van der Waals surface area (Å²) in [4.78, 5) is 29.8. The Hall–Kier alpha value is -1.89. The van der Waals surface area contributed by atoms with Gasteiger partial charge in [-0.25, -0.2) is 0 Å². The smallest absolute Gasteiger partial charge is 0.247 e. The molecule has 10 heteroatoms. The van der Waals surface area contributed by atoms with Crippen molar-refractivity contribution in [2.24, 2.45) is 23.2 Å². The van der Waals surface area contributed by atoms with Gasteiger partial charge in [0, 0.05) is 31.5 Å². The highest BCUT2D eigenvalue weighted by Crippen LogP contribution is 2.60. The van der Waals surface area contributed by atoms with Crippen LogP contribution in [0.15, 0.2) is 23.8 Å². The molecule has 0 unspecified atom stereocenters. The molecule has 0 radical (unpaired) electrons. The lowest BCUT2D eigenvalue weighted by atomic mass is 9.49. The average Bonchev–Trinajstić information content (AvgIpc) is 3.09. The minimum absolute atomic E-state index is 0.0537. The predicted octanol–water partition coefficient (Wildman–Crippen LogP) is 6.67. The Kier molecular flexibility index (Phi) is 14.7. The molecule has 4 saturated carbocycles. The maximum absolute atomic E-state index is 14.4. The molecule has 50 heavy (non-hydrogen) atoms. The van der Waals surface area contributed by atoms with Gasteiger partial charge in [0.1, 0.15) is 12.2 Å². The number of aliphatic hydroxyl groups excluding tert-OH is 3. The van der Waals surface area contributed by atoms with Crippen LogP contribution in [0.2, 0.25) is 0 Å². The number of benzene rings is 1. The van der Waals surface area contributed by atoms with Crippen LogP contribution >= 0.6 is 22.6 Å². The summed E-state index contributed by atoms with van der Waals surface area (Å²) in [6.45, 7) is 2.61. The topological polar surface area (TPSA) is 129 Å².